The number of carbonyl (C=O) groups excluding carboxylic acids is 2. The molecule has 0 radical (unpaired) electrons. The van der Waals surface area contributed by atoms with E-state index in [1.54, 1.807) is 29.2 Å². The number of amides is 2. The van der Waals surface area contributed by atoms with Gasteiger partial charge in [-0.15, -0.1) is 0 Å². The number of rotatable bonds is 3. The first-order chi connectivity index (χ1) is 8.97. The van der Waals surface area contributed by atoms with E-state index < -0.39 is 0 Å². The minimum atomic E-state index is -0.273. The number of halogens is 1. The molecule has 1 aromatic rings. The van der Waals surface area contributed by atoms with Gasteiger partial charge in [0.25, 0.3) is 0 Å². The molecule has 0 bridgehead atoms. The van der Waals surface area contributed by atoms with Crippen LogP contribution < -0.4 is 10.2 Å². The molecular weight excluding hydrogens is 264 g/mol. The van der Waals surface area contributed by atoms with Crippen LogP contribution in [0.1, 0.15) is 20.3 Å². The topological polar surface area (TPSA) is 49.4 Å². The van der Waals surface area contributed by atoms with Crippen molar-refractivity contribution >= 4 is 29.1 Å². The molecule has 2 amide bonds. The summed E-state index contributed by atoms with van der Waals surface area (Å²) in [6.45, 7) is 4.25. The van der Waals surface area contributed by atoms with Crippen molar-refractivity contribution in [3.05, 3.63) is 29.3 Å². The fourth-order valence-electron chi connectivity index (χ4n) is 2.16. The van der Waals surface area contributed by atoms with Crippen molar-refractivity contribution in [2.45, 2.75) is 26.3 Å². The first-order valence-corrected chi connectivity index (χ1v) is 6.71. The van der Waals surface area contributed by atoms with E-state index in [2.05, 4.69) is 5.32 Å². The molecule has 1 aromatic carbocycles. The van der Waals surface area contributed by atoms with Gasteiger partial charge in [-0.1, -0.05) is 11.6 Å². The van der Waals surface area contributed by atoms with Crippen molar-refractivity contribution in [3.8, 4) is 0 Å². The average Bonchev–Trinajstić information content (AvgIpc) is 2.72. The number of anilines is 1. The molecular formula is C14H17ClN2O2. The molecule has 0 aliphatic carbocycles. The largest absolute Gasteiger partial charge is 0.354 e. The number of nitrogens with one attached hydrogen (secondary N) is 1. The molecule has 2 rings (SSSR count). The van der Waals surface area contributed by atoms with Gasteiger partial charge in [0.2, 0.25) is 11.8 Å². The van der Waals surface area contributed by atoms with Crippen molar-refractivity contribution < 1.29 is 9.59 Å². The van der Waals surface area contributed by atoms with E-state index in [-0.39, 0.29) is 30.2 Å². The SMILES string of the molecule is CC(C)NC(=O)[C@@H]1CC(=O)N(c2ccc(Cl)cc2)C1. The van der Waals surface area contributed by atoms with Crippen LogP contribution in [0.5, 0.6) is 0 Å². The van der Waals surface area contributed by atoms with Crippen LogP contribution in [-0.4, -0.2) is 24.4 Å². The van der Waals surface area contributed by atoms with Gasteiger partial charge in [-0.2, -0.15) is 0 Å². The third-order valence-corrected chi connectivity index (χ3v) is 3.32. The van der Waals surface area contributed by atoms with Crippen molar-refractivity contribution in [1.29, 1.82) is 0 Å². The van der Waals surface area contributed by atoms with Gasteiger partial charge >= 0.3 is 0 Å². The van der Waals surface area contributed by atoms with Gasteiger partial charge in [-0.05, 0) is 38.1 Å². The van der Waals surface area contributed by atoms with Crippen LogP contribution in [-0.2, 0) is 9.59 Å². The molecule has 0 spiro atoms. The Hall–Kier alpha value is -1.55. The summed E-state index contributed by atoms with van der Waals surface area (Å²) in [5, 5.41) is 3.48. The molecule has 1 atom stereocenters. The molecule has 1 fully saturated rings. The third kappa shape index (κ3) is 3.26. The molecule has 0 saturated carbocycles. The predicted molar refractivity (Wildman–Crippen MR) is 75.2 cm³/mol. The summed E-state index contributed by atoms with van der Waals surface area (Å²) in [5.74, 6) is -0.350. The van der Waals surface area contributed by atoms with E-state index in [0.29, 0.717) is 11.6 Å². The maximum atomic E-state index is 12.0. The summed E-state index contributed by atoms with van der Waals surface area (Å²) in [4.78, 5) is 25.5. The van der Waals surface area contributed by atoms with E-state index in [0.717, 1.165) is 5.69 Å². The normalized spacial score (nSPS) is 19.1. The van der Waals surface area contributed by atoms with Crippen LogP contribution >= 0.6 is 11.6 Å². The lowest BCUT2D eigenvalue weighted by atomic mass is 10.1. The second kappa shape index (κ2) is 5.61. The number of hydrogen-bond donors (Lipinski definition) is 1. The molecule has 0 unspecified atom stereocenters. The minimum Gasteiger partial charge on any atom is -0.354 e. The average molecular weight is 281 g/mol. The second-order valence-corrected chi connectivity index (χ2v) is 5.48. The lowest BCUT2D eigenvalue weighted by Gasteiger charge is -2.17. The maximum absolute atomic E-state index is 12.0. The highest BCUT2D eigenvalue weighted by atomic mass is 35.5. The smallest absolute Gasteiger partial charge is 0.227 e. The summed E-state index contributed by atoms with van der Waals surface area (Å²) < 4.78 is 0. The molecule has 102 valence electrons. The number of hydrogen-bond acceptors (Lipinski definition) is 2. The van der Waals surface area contributed by atoms with Gasteiger partial charge in [0.1, 0.15) is 0 Å². The zero-order valence-electron chi connectivity index (χ0n) is 11.0. The van der Waals surface area contributed by atoms with E-state index in [1.807, 2.05) is 13.8 Å². The van der Waals surface area contributed by atoms with E-state index in [4.69, 9.17) is 11.6 Å². The lowest BCUT2D eigenvalue weighted by molar-refractivity contribution is -0.126. The maximum Gasteiger partial charge on any atom is 0.227 e. The molecule has 1 N–H and O–H groups in total. The Bertz CT molecular complexity index is 485. The zero-order chi connectivity index (χ0) is 14.0. The van der Waals surface area contributed by atoms with Crippen LogP contribution in [0.25, 0.3) is 0 Å². The van der Waals surface area contributed by atoms with Gasteiger partial charge in [0, 0.05) is 29.7 Å². The summed E-state index contributed by atoms with van der Waals surface area (Å²) in [5.41, 5.74) is 0.786. The van der Waals surface area contributed by atoms with Crippen LogP contribution in [0.4, 0.5) is 5.69 Å². The minimum absolute atomic E-state index is 0.0220. The van der Waals surface area contributed by atoms with Crippen molar-refractivity contribution in [1.82, 2.24) is 5.32 Å². The highest BCUT2D eigenvalue weighted by Crippen LogP contribution is 2.26. The Morgan fingerprint density at radius 2 is 2.00 bits per heavy atom. The predicted octanol–water partition coefficient (Wildman–Crippen LogP) is 2.22. The summed E-state index contributed by atoms with van der Waals surface area (Å²) in [7, 11) is 0. The van der Waals surface area contributed by atoms with Gasteiger partial charge in [0.05, 0.1) is 5.92 Å². The van der Waals surface area contributed by atoms with Crippen LogP contribution in [0.3, 0.4) is 0 Å². The van der Waals surface area contributed by atoms with Crippen molar-refractivity contribution in [2.24, 2.45) is 5.92 Å². The fourth-order valence-corrected chi connectivity index (χ4v) is 2.28. The molecule has 5 heteroatoms. The molecule has 1 aliphatic rings. The number of carbonyl (C=O) groups is 2. The Labute approximate surface area is 117 Å². The quantitative estimate of drug-likeness (QED) is 0.923. The van der Waals surface area contributed by atoms with Crippen molar-refractivity contribution in [3.63, 3.8) is 0 Å². The summed E-state index contributed by atoms with van der Waals surface area (Å²) >= 11 is 5.82. The summed E-state index contributed by atoms with van der Waals surface area (Å²) in [6.07, 6.45) is 0.265. The highest BCUT2D eigenvalue weighted by Gasteiger charge is 2.35. The molecule has 1 aliphatic heterocycles. The Kier molecular flexibility index (Phi) is 4.10. The van der Waals surface area contributed by atoms with E-state index in [9.17, 15) is 9.59 Å². The van der Waals surface area contributed by atoms with Crippen LogP contribution in [0, 0.1) is 5.92 Å². The Balaban J connectivity index is 2.07. The Morgan fingerprint density at radius 3 is 2.58 bits per heavy atom. The molecule has 1 saturated heterocycles. The van der Waals surface area contributed by atoms with Gasteiger partial charge in [-0.25, -0.2) is 0 Å². The van der Waals surface area contributed by atoms with Gasteiger partial charge < -0.3 is 10.2 Å². The third-order valence-electron chi connectivity index (χ3n) is 3.07. The van der Waals surface area contributed by atoms with E-state index >= 15 is 0 Å². The zero-order valence-corrected chi connectivity index (χ0v) is 11.8. The second-order valence-electron chi connectivity index (χ2n) is 5.05. The van der Waals surface area contributed by atoms with Crippen LogP contribution in [0.15, 0.2) is 24.3 Å². The van der Waals surface area contributed by atoms with Crippen molar-refractivity contribution in [2.75, 3.05) is 11.4 Å². The van der Waals surface area contributed by atoms with Gasteiger partial charge in [0.15, 0.2) is 0 Å². The number of benzene rings is 1. The monoisotopic (exact) mass is 280 g/mol. The fraction of sp³-hybridized carbons (Fsp3) is 0.429. The van der Waals surface area contributed by atoms with E-state index in [1.165, 1.54) is 0 Å². The first-order valence-electron chi connectivity index (χ1n) is 6.33. The highest BCUT2D eigenvalue weighted by molar-refractivity contribution is 6.30. The Morgan fingerprint density at radius 1 is 1.37 bits per heavy atom. The molecule has 4 nitrogen and oxygen atoms in total. The molecule has 1 heterocycles. The first kappa shape index (κ1) is 13.9. The van der Waals surface area contributed by atoms with Gasteiger partial charge in [-0.3, -0.25) is 9.59 Å². The number of nitrogens with zero attached hydrogens (tertiary/aromatic N) is 1. The standard InChI is InChI=1S/C14H17ClN2O2/c1-9(2)16-14(19)10-7-13(18)17(8-10)12-5-3-11(15)4-6-12/h3-6,9-10H,7-8H2,1-2H3,(H,16,19)/t10-/m1/s1. The summed E-state index contributed by atoms with van der Waals surface area (Å²) in [6, 6.07) is 7.16. The lowest BCUT2D eigenvalue weighted by Crippen LogP contribution is -2.36. The molecule has 19 heavy (non-hydrogen) atoms. The van der Waals surface area contributed by atoms with Crippen LogP contribution in [0.2, 0.25) is 5.02 Å². The molecule has 0 aromatic heterocycles.